The Morgan fingerprint density at radius 2 is 1.68 bits per heavy atom. The first-order chi connectivity index (χ1) is 18.0. The maximum absolute atomic E-state index is 13.9. The van der Waals surface area contributed by atoms with E-state index in [2.05, 4.69) is 20.8 Å². The summed E-state index contributed by atoms with van der Waals surface area (Å²) in [7, 11) is 1.54. The van der Waals surface area contributed by atoms with Crippen LogP contribution in [0.4, 0.5) is 10.1 Å². The lowest BCUT2D eigenvalue weighted by Crippen LogP contribution is -2.29. The molecule has 0 atom stereocenters. The van der Waals surface area contributed by atoms with Crippen LogP contribution in [0.5, 0.6) is 11.5 Å². The number of methoxy groups -OCH3 is 1. The van der Waals surface area contributed by atoms with Crippen LogP contribution >= 0.6 is 11.8 Å². The summed E-state index contributed by atoms with van der Waals surface area (Å²) in [6, 6.07) is 22.2. The number of hydrogen-bond donors (Lipinski definition) is 2. The quantitative estimate of drug-likeness (QED) is 0.289. The third kappa shape index (κ3) is 6.85. The Hall–Kier alpha value is -4.38. The molecule has 37 heavy (non-hydrogen) atoms. The predicted molar refractivity (Wildman–Crippen MR) is 137 cm³/mol. The fourth-order valence-electron chi connectivity index (χ4n) is 3.34. The summed E-state index contributed by atoms with van der Waals surface area (Å²) in [5.74, 6) is 0.261. The number of carbonyl (C=O) groups excluding carboxylic acids is 2. The second kappa shape index (κ2) is 12.5. The molecule has 0 bridgehead atoms. The van der Waals surface area contributed by atoms with Gasteiger partial charge in [-0.3, -0.25) is 14.2 Å². The molecule has 0 radical (unpaired) electrons. The molecule has 0 saturated heterocycles. The lowest BCUT2D eigenvalue weighted by Gasteiger charge is -2.14. The van der Waals surface area contributed by atoms with Gasteiger partial charge >= 0.3 is 0 Å². The molecule has 2 N–H and O–H groups in total. The monoisotopic (exact) mass is 521 g/mol. The van der Waals surface area contributed by atoms with E-state index in [-0.39, 0.29) is 30.5 Å². The minimum atomic E-state index is -0.521. The zero-order chi connectivity index (χ0) is 26.0. The number of anilines is 1. The van der Waals surface area contributed by atoms with Gasteiger partial charge in [-0.25, -0.2) is 4.39 Å². The molecular weight excluding hydrogens is 497 g/mol. The van der Waals surface area contributed by atoms with E-state index in [0.717, 1.165) is 11.8 Å². The van der Waals surface area contributed by atoms with Gasteiger partial charge in [0.25, 0.3) is 5.91 Å². The van der Waals surface area contributed by atoms with E-state index in [0.29, 0.717) is 28.2 Å². The molecular formula is C26H24FN5O4S. The number of rotatable bonds is 11. The summed E-state index contributed by atoms with van der Waals surface area (Å²) >= 11 is 1.12. The fraction of sp³-hybridized carbons (Fsp3) is 0.154. The summed E-state index contributed by atoms with van der Waals surface area (Å²) in [6.07, 6.45) is 0. The fourth-order valence-corrected chi connectivity index (χ4v) is 4.10. The number of hydrogen-bond acceptors (Lipinski definition) is 7. The van der Waals surface area contributed by atoms with Crippen molar-refractivity contribution < 1.29 is 23.5 Å². The number of amides is 2. The number of nitrogens with one attached hydrogen (secondary N) is 2. The third-order valence-corrected chi connectivity index (χ3v) is 5.99. The van der Waals surface area contributed by atoms with Gasteiger partial charge in [0, 0.05) is 0 Å². The van der Waals surface area contributed by atoms with Gasteiger partial charge in [-0.2, -0.15) is 0 Å². The molecule has 0 aliphatic rings. The van der Waals surface area contributed by atoms with Crippen LogP contribution < -0.4 is 20.1 Å². The van der Waals surface area contributed by atoms with Gasteiger partial charge in [0.15, 0.2) is 17.6 Å². The van der Waals surface area contributed by atoms with Gasteiger partial charge in [-0.1, -0.05) is 54.2 Å². The number of thioether (sulfide) groups is 1. The smallest absolute Gasteiger partial charge is 0.258 e. The molecule has 190 valence electrons. The van der Waals surface area contributed by atoms with Crippen LogP contribution in [0.1, 0.15) is 5.82 Å². The van der Waals surface area contributed by atoms with E-state index in [9.17, 15) is 14.0 Å². The second-order valence-electron chi connectivity index (χ2n) is 7.60. The molecule has 0 spiro atoms. The van der Waals surface area contributed by atoms with E-state index in [1.165, 1.54) is 12.1 Å². The highest BCUT2D eigenvalue weighted by Gasteiger charge is 2.19. The van der Waals surface area contributed by atoms with Gasteiger partial charge in [-0.15, -0.1) is 10.2 Å². The molecule has 0 saturated carbocycles. The molecule has 0 aliphatic heterocycles. The van der Waals surface area contributed by atoms with Crippen LogP contribution in [0.25, 0.3) is 5.69 Å². The van der Waals surface area contributed by atoms with Crippen LogP contribution in [0.15, 0.2) is 84.0 Å². The van der Waals surface area contributed by atoms with Gasteiger partial charge < -0.3 is 20.1 Å². The lowest BCUT2D eigenvalue weighted by atomic mass is 10.3. The summed E-state index contributed by atoms with van der Waals surface area (Å²) < 4.78 is 26.6. The Morgan fingerprint density at radius 3 is 2.46 bits per heavy atom. The topological polar surface area (TPSA) is 107 Å². The molecule has 1 heterocycles. The molecule has 9 nitrogen and oxygen atoms in total. The largest absolute Gasteiger partial charge is 0.495 e. The maximum atomic E-state index is 13.9. The van der Waals surface area contributed by atoms with Crippen LogP contribution in [0.2, 0.25) is 0 Å². The molecule has 0 fully saturated rings. The Kier molecular flexibility index (Phi) is 8.71. The first-order valence-corrected chi connectivity index (χ1v) is 12.2. The highest BCUT2D eigenvalue weighted by Crippen LogP contribution is 2.28. The number of benzene rings is 3. The average Bonchev–Trinajstić information content (AvgIpc) is 3.34. The highest BCUT2D eigenvalue weighted by atomic mass is 32.2. The van der Waals surface area contributed by atoms with Crippen LogP contribution in [-0.4, -0.2) is 46.0 Å². The number of halogens is 1. The predicted octanol–water partition coefficient (Wildman–Crippen LogP) is 3.84. The van der Waals surface area contributed by atoms with Crippen molar-refractivity contribution in [1.29, 1.82) is 0 Å². The van der Waals surface area contributed by atoms with Crippen LogP contribution in [-0.2, 0) is 16.1 Å². The molecule has 4 rings (SSSR count). The molecule has 4 aromatic rings. The van der Waals surface area contributed by atoms with Gasteiger partial charge in [0.2, 0.25) is 5.91 Å². The molecule has 2 amide bonds. The van der Waals surface area contributed by atoms with Crippen molar-refractivity contribution >= 4 is 29.3 Å². The minimum absolute atomic E-state index is 0.0428. The Labute approximate surface area is 217 Å². The SMILES string of the molecule is COc1ccccc1-n1c(CNC(=O)COc2ccccc2)nnc1SCC(=O)Nc1ccccc1F. The summed E-state index contributed by atoms with van der Waals surface area (Å²) in [4.78, 5) is 24.8. The summed E-state index contributed by atoms with van der Waals surface area (Å²) in [6.45, 7) is -0.103. The van der Waals surface area contributed by atoms with E-state index in [4.69, 9.17) is 9.47 Å². The van der Waals surface area contributed by atoms with Crippen molar-refractivity contribution in [3.05, 3.63) is 90.5 Å². The number of nitrogens with zero attached hydrogens (tertiary/aromatic N) is 3. The summed E-state index contributed by atoms with van der Waals surface area (Å²) in [5, 5.41) is 14.2. The van der Waals surface area contributed by atoms with E-state index >= 15 is 0 Å². The number of para-hydroxylation sites is 4. The van der Waals surface area contributed by atoms with Gasteiger partial charge in [-0.05, 0) is 36.4 Å². The maximum Gasteiger partial charge on any atom is 0.258 e. The van der Waals surface area contributed by atoms with Crippen molar-refractivity contribution in [3.8, 4) is 17.2 Å². The lowest BCUT2D eigenvalue weighted by molar-refractivity contribution is -0.123. The molecule has 11 heteroatoms. The van der Waals surface area contributed by atoms with E-state index in [1.807, 2.05) is 36.4 Å². The Bertz CT molecular complexity index is 1370. The van der Waals surface area contributed by atoms with Crippen molar-refractivity contribution in [1.82, 2.24) is 20.1 Å². The number of carbonyl (C=O) groups is 2. The van der Waals surface area contributed by atoms with Crippen molar-refractivity contribution in [3.63, 3.8) is 0 Å². The minimum Gasteiger partial charge on any atom is -0.495 e. The Morgan fingerprint density at radius 1 is 0.946 bits per heavy atom. The molecule has 3 aromatic carbocycles. The number of ether oxygens (including phenoxy) is 2. The first-order valence-electron chi connectivity index (χ1n) is 11.2. The van der Waals surface area contributed by atoms with Crippen molar-refractivity contribution in [2.45, 2.75) is 11.7 Å². The van der Waals surface area contributed by atoms with Crippen molar-refractivity contribution in [2.75, 3.05) is 24.8 Å². The summed E-state index contributed by atoms with van der Waals surface area (Å²) in [5.41, 5.74) is 0.734. The van der Waals surface area contributed by atoms with E-state index < -0.39 is 11.7 Å². The first kappa shape index (κ1) is 25.7. The number of aromatic nitrogens is 3. The molecule has 0 aliphatic carbocycles. The second-order valence-corrected chi connectivity index (χ2v) is 8.54. The zero-order valence-corrected chi connectivity index (χ0v) is 20.7. The third-order valence-electron chi connectivity index (χ3n) is 5.06. The standard InChI is InChI=1S/C26H24FN5O4S/c1-35-22-14-8-7-13-21(22)32-23(15-28-24(33)16-36-18-9-3-2-4-10-18)30-31-26(32)37-17-25(34)29-20-12-6-5-11-19(20)27/h2-14H,15-17H2,1H3,(H,28,33)(H,29,34). The van der Waals surface area contributed by atoms with Crippen LogP contribution in [0.3, 0.4) is 0 Å². The normalized spacial score (nSPS) is 10.5. The zero-order valence-electron chi connectivity index (χ0n) is 19.9. The van der Waals surface area contributed by atoms with Crippen molar-refractivity contribution in [2.24, 2.45) is 0 Å². The van der Waals surface area contributed by atoms with Crippen LogP contribution in [0, 0.1) is 5.82 Å². The molecule has 1 aromatic heterocycles. The molecule has 0 unspecified atom stereocenters. The van der Waals surface area contributed by atoms with Gasteiger partial charge in [0.05, 0.1) is 30.8 Å². The average molecular weight is 522 g/mol. The van der Waals surface area contributed by atoms with E-state index in [1.54, 1.807) is 42.0 Å². The van der Waals surface area contributed by atoms with Gasteiger partial charge in [0.1, 0.15) is 17.3 Å². The Balaban J connectivity index is 1.47. The highest BCUT2D eigenvalue weighted by molar-refractivity contribution is 7.99.